The third kappa shape index (κ3) is 4.22. The van der Waals surface area contributed by atoms with Crippen LogP contribution in [-0.4, -0.2) is 71.6 Å². The van der Waals surface area contributed by atoms with Crippen LogP contribution in [0.1, 0.15) is 37.2 Å². The fourth-order valence-corrected chi connectivity index (χ4v) is 4.38. The highest BCUT2D eigenvalue weighted by atomic mass is 35.5. The number of pyridine rings is 1. The van der Waals surface area contributed by atoms with Crippen LogP contribution in [0, 0.1) is 0 Å². The van der Waals surface area contributed by atoms with Crippen molar-refractivity contribution in [3.8, 4) is 5.88 Å². The van der Waals surface area contributed by atoms with Crippen molar-refractivity contribution in [2.45, 2.75) is 31.9 Å². The summed E-state index contributed by atoms with van der Waals surface area (Å²) in [6.45, 7) is 4.69. The predicted octanol–water partition coefficient (Wildman–Crippen LogP) is 3.65. The number of hydrogen-bond donors (Lipinski definition) is 2. The zero-order valence-corrected chi connectivity index (χ0v) is 20.5. The number of rotatable bonds is 7. The summed E-state index contributed by atoms with van der Waals surface area (Å²) in [5.41, 5.74) is 2.03. The second kappa shape index (κ2) is 9.84. The van der Waals surface area contributed by atoms with E-state index in [4.69, 9.17) is 25.7 Å². The number of likely N-dealkylation sites (N-methyl/N-ethyl adjacent to an activating group) is 1. The Morgan fingerprint density at radius 3 is 2.74 bits per heavy atom. The van der Waals surface area contributed by atoms with Gasteiger partial charge in [0, 0.05) is 42.0 Å². The second-order valence-electron chi connectivity index (χ2n) is 8.45. The first-order valence-corrected chi connectivity index (χ1v) is 11.6. The number of fused-ring (bicyclic) bond motifs is 1. The number of ether oxygens (including phenoxy) is 1. The molecule has 0 bridgehead atoms. The minimum atomic E-state index is -0.922. The van der Waals surface area contributed by atoms with Gasteiger partial charge in [0.2, 0.25) is 5.88 Å². The average Bonchev–Trinajstić information content (AvgIpc) is 3.25. The first kappa shape index (κ1) is 24.3. The van der Waals surface area contributed by atoms with Crippen molar-refractivity contribution in [2.24, 2.45) is 9.98 Å². The number of β-amino-alcohol motifs (C(OH)–C–C–N with tert-alkyl or cyclic N) is 1. The fourth-order valence-electron chi connectivity index (χ4n) is 4.16. The lowest BCUT2D eigenvalue weighted by atomic mass is 9.80. The lowest BCUT2D eigenvalue weighted by Crippen LogP contribution is -2.68. The first-order chi connectivity index (χ1) is 16.3. The number of benzene rings is 1. The normalized spacial score (nSPS) is 21.7. The summed E-state index contributed by atoms with van der Waals surface area (Å²) >= 11 is 6.33. The molecule has 0 amide bonds. The standard InChI is InChI=1S/C25H29ClN4O4/c1-5-8-33-24-19(26)10-18(12-28-24)15(2)29-23(27-3)16-6-7-20-17(9-16)11-22(34-20)25(14-31)21(32)13-30(25)4/h6-7,9-12,21,31-32H,5,8,13-14H2,1-4H3. The first-order valence-electron chi connectivity index (χ1n) is 11.2. The average molecular weight is 485 g/mol. The Morgan fingerprint density at radius 2 is 2.12 bits per heavy atom. The molecule has 1 saturated heterocycles. The van der Waals surface area contributed by atoms with Crippen LogP contribution in [0.5, 0.6) is 5.88 Å². The molecule has 2 aromatic heterocycles. The maximum absolute atomic E-state index is 10.4. The van der Waals surface area contributed by atoms with Gasteiger partial charge in [-0.25, -0.2) is 9.98 Å². The van der Waals surface area contributed by atoms with Gasteiger partial charge in [-0.3, -0.25) is 9.89 Å². The van der Waals surface area contributed by atoms with Crippen LogP contribution >= 0.6 is 11.6 Å². The number of aliphatic hydroxyl groups is 2. The molecule has 2 N–H and O–H groups in total. The third-order valence-electron chi connectivity index (χ3n) is 6.27. The van der Waals surface area contributed by atoms with E-state index in [9.17, 15) is 10.2 Å². The minimum Gasteiger partial charge on any atom is -0.477 e. The Hall–Kier alpha value is -2.78. The van der Waals surface area contributed by atoms with Gasteiger partial charge >= 0.3 is 0 Å². The topological polar surface area (TPSA) is 104 Å². The summed E-state index contributed by atoms with van der Waals surface area (Å²) in [6, 6.07) is 9.31. The Labute approximate surface area is 203 Å². The number of halogens is 1. The Morgan fingerprint density at radius 1 is 1.32 bits per heavy atom. The van der Waals surface area contributed by atoms with E-state index in [0.29, 0.717) is 46.9 Å². The molecule has 8 nitrogen and oxygen atoms in total. The van der Waals surface area contributed by atoms with Crippen LogP contribution in [0.3, 0.4) is 0 Å². The van der Waals surface area contributed by atoms with Gasteiger partial charge in [-0.05, 0) is 50.7 Å². The molecule has 1 fully saturated rings. The van der Waals surface area contributed by atoms with Crippen LogP contribution in [0.4, 0.5) is 0 Å². The Balaban J connectivity index is 1.63. The molecule has 0 radical (unpaired) electrons. The van der Waals surface area contributed by atoms with E-state index >= 15 is 0 Å². The molecule has 1 aliphatic heterocycles. The van der Waals surface area contributed by atoms with E-state index in [2.05, 4.69) is 9.98 Å². The number of amidine groups is 1. The van der Waals surface area contributed by atoms with Gasteiger partial charge < -0.3 is 19.4 Å². The molecule has 1 aromatic carbocycles. The van der Waals surface area contributed by atoms with E-state index < -0.39 is 11.6 Å². The van der Waals surface area contributed by atoms with E-state index in [0.717, 1.165) is 22.9 Å². The summed E-state index contributed by atoms with van der Waals surface area (Å²) in [7, 11) is 3.54. The van der Waals surface area contributed by atoms with Crippen LogP contribution in [-0.2, 0) is 5.54 Å². The highest BCUT2D eigenvalue weighted by Gasteiger charge is 2.54. The third-order valence-corrected chi connectivity index (χ3v) is 6.55. The number of aliphatic hydroxyl groups excluding tert-OH is 2. The van der Waals surface area contributed by atoms with Gasteiger partial charge in [0.05, 0.1) is 19.3 Å². The van der Waals surface area contributed by atoms with Crippen LogP contribution in [0.25, 0.3) is 11.0 Å². The molecule has 1 aliphatic rings. The zero-order chi connectivity index (χ0) is 24.5. The van der Waals surface area contributed by atoms with Crippen molar-refractivity contribution in [3.05, 3.63) is 58.4 Å². The van der Waals surface area contributed by atoms with E-state index in [1.165, 1.54) is 0 Å². The maximum Gasteiger partial charge on any atom is 0.232 e. The van der Waals surface area contributed by atoms with Crippen LogP contribution in [0.15, 0.2) is 50.9 Å². The SMILES string of the molecule is CCCOc1ncc(C(C)=NC(=NC)c2ccc3oc(C4(CO)C(O)CN4C)cc3c2)cc1Cl. The number of likely N-dealkylation sites (tertiary alicyclic amines) is 1. The fraction of sp³-hybridized carbons (Fsp3) is 0.400. The molecule has 2 unspecified atom stereocenters. The lowest BCUT2D eigenvalue weighted by molar-refractivity contribution is -0.160. The van der Waals surface area contributed by atoms with Crippen molar-refractivity contribution >= 4 is 34.1 Å². The van der Waals surface area contributed by atoms with E-state index in [-0.39, 0.29) is 6.61 Å². The molecular weight excluding hydrogens is 456 g/mol. The summed E-state index contributed by atoms with van der Waals surface area (Å²) in [5, 5.41) is 21.6. The highest BCUT2D eigenvalue weighted by molar-refractivity contribution is 6.32. The molecule has 0 aliphatic carbocycles. The summed E-state index contributed by atoms with van der Waals surface area (Å²) < 4.78 is 11.5. The molecule has 3 aromatic rings. The molecule has 4 rings (SSSR count). The molecule has 180 valence electrons. The number of aromatic nitrogens is 1. The van der Waals surface area contributed by atoms with Crippen molar-refractivity contribution in [3.63, 3.8) is 0 Å². The van der Waals surface area contributed by atoms with Crippen molar-refractivity contribution in [1.82, 2.24) is 9.88 Å². The van der Waals surface area contributed by atoms with Crippen molar-refractivity contribution in [1.29, 1.82) is 0 Å². The van der Waals surface area contributed by atoms with Gasteiger partial charge in [-0.1, -0.05) is 18.5 Å². The number of aliphatic imine (C=N–C) groups is 2. The van der Waals surface area contributed by atoms with Gasteiger partial charge in [0.25, 0.3) is 0 Å². The summed E-state index contributed by atoms with van der Waals surface area (Å²) in [5.74, 6) is 1.49. The smallest absolute Gasteiger partial charge is 0.232 e. The molecule has 2 atom stereocenters. The molecular formula is C25H29ClN4O4. The van der Waals surface area contributed by atoms with E-state index in [1.54, 1.807) is 19.3 Å². The summed E-state index contributed by atoms with van der Waals surface area (Å²) in [6.07, 6.45) is 1.86. The second-order valence-corrected chi connectivity index (χ2v) is 8.85. The van der Waals surface area contributed by atoms with Crippen LogP contribution < -0.4 is 4.74 Å². The maximum atomic E-state index is 10.4. The van der Waals surface area contributed by atoms with Gasteiger partial charge in [0.1, 0.15) is 21.9 Å². The Kier molecular flexibility index (Phi) is 7.04. The monoisotopic (exact) mass is 484 g/mol. The molecule has 9 heteroatoms. The van der Waals surface area contributed by atoms with Crippen molar-refractivity contribution in [2.75, 3.05) is 33.9 Å². The number of hydrogen-bond acceptors (Lipinski definition) is 7. The Bertz CT molecular complexity index is 1240. The lowest BCUT2D eigenvalue weighted by Gasteiger charge is -2.52. The molecule has 0 saturated carbocycles. The quantitative estimate of drug-likeness (QED) is 0.392. The predicted molar refractivity (Wildman–Crippen MR) is 133 cm³/mol. The number of nitrogens with zero attached hydrogens (tertiary/aromatic N) is 4. The molecule has 3 heterocycles. The highest BCUT2D eigenvalue weighted by Crippen LogP contribution is 2.41. The van der Waals surface area contributed by atoms with Gasteiger partial charge in [-0.15, -0.1) is 0 Å². The van der Waals surface area contributed by atoms with Gasteiger partial charge in [0.15, 0.2) is 5.84 Å². The van der Waals surface area contributed by atoms with Crippen LogP contribution in [0.2, 0.25) is 5.02 Å². The molecule has 0 spiro atoms. The number of furan rings is 1. The van der Waals surface area contributed by atoms with Gasteiger partial charge in [-0.2, -0.15) is 0 Å². The van der Waals surface area contributed by atoms with Crippen molar-refractivity contribution < 1.29 is 19.4 Å². The summed E-state index contributed by atoms with van der Waals surface area (Å²) in [4.78, 5) is 15.3. The van der Waals surface area contributed by atoms with E-state index in [1.807, 2.05) is 50.1 Å². The zero-order valence-electron chi connectivity index (χ0n) is 19.7. The molecule has 34 heavy (non-hydrogen) atoms. The largest absolute Gasteiger partial charge is 0.477 e. The minimum absolute atomic E-state index is 0.235.